The molecule has 3 nitrogen and oxygen atoms in total. The molecule has 0 aromatic carbocycles. The summed E-state index contributed by atoms with van der Waals surface area (Å²) in [6, 6.07) is 0. The van der Waals surface area contributed by atoms with E-state index in [0.717, 1.165) is 32.2 Å². The second kappa shape index (κ2) is 5.50. The SMILES string of the molecule is CCCC1(C(=O)OCC(C)C)CCCN1. The molecule has 3 heteroatoms. The Morgan fingerprint density at radius 3 is 2.73 bits per heavy atom. The summed E-state index contributed by atoms with van der Waals surface area (Å²) >= 11 is 0. The van der Waals surface area contributed by atoms with Crippen LogP contribution in [-0.4, -0.2) is 24.7 Å². The van der Waals surface area contributed by atoms with Crippen LogP contribution in [0.25, 0.3) is 0 Å². The molecule has 0 bridgehead atoms. The molecular formula is C12H23NO2. The van der Waals surface area contributed by atoms with Crippen LogP contribution in [0.15, 0.2) is 0 Å². The molecule has 1 N–H and O–H groups in total. The molecule has 1 heterocycles. The van der Waals surface area contributed by atoms with Crippen LogP contribution in [0.4, 0.5) is 0 Å². The van der Waals surface area contributed by atoms with Crippen LogP contribution in [0.3, 0.4) is 0 Å². The molecule has 1 aliphatic rings. The Bertz CT molecular complexity index is 208. The molecule has 1 atom stereocenters. The van der Waals surface area contributed by atoms with Gasteiger partial charge in [0.25, 0.3) is 0 Å². The van der Waals surface area contributed by atoms with Gasteiger partial charge in [-0.15, -0.1) is 0 Å². The van der Waals surface area contributed by atoms with Gasteiger partial charge in [-0.1, -0.05) is 27.2 Å². The highest BCUT2D eigenvalue weighted by molar-refractivity contribution is 5.81. The Morgan fingerprint density at radius 1 is 1.53 bits per heavy atom. The van der Waals surface area contributed by atoms with E-state index in [2.05, 4.69) is 26.1 Å². The molecule has 0 saturated carbocycles. The molecule has 1 aliphatic heterocycles. The van der Waals surface area contributed by atoms with E-state index in [1.807, 2.05) is 0 Å². The van der Waals surface area contributed by atoms with Gasteiger partial charge in [-0.25, -0.2) is 0 Å². The Labute approximate surface area is 92.6 Å². The van der Waals surface area contributed by atoms with Gasteiger partial charge in [0.2, 0.25) is 0 Å². The minimum Gasteiger partial charge on any atom is -0.464 e. The third-order valence-electron chi connectivity index (χ3n) is 2.86. The lowest BCUT2D eigenvalue weighted by atomic mass is 9.92. The maximum absolute atomic E-state index is 12.0. The first-order chi connectivity index (χ1) is 7.10. The fourth-order valence-corrected chi connectivity index (χ4v) is 2.10. The highest BCUT2D eigenvalue weighted by Gasteiger charge is 2.41. The minimum atomic E-state index is -0.371. The van der Waals surface area contributed by atoms with Crippen molar-refractivity contribution >= 4 is 5.97 Å². The number of esters is 1. The van der Waals surface area contributed by atoms with Gasteiger partial charge in [-0.3, -0.25) is 4.79 Å². The third kappa shape index (κ3) is 3.20. The normalized spacial score (nSPS) is 25.9. The van der Waals surface area contributed by atoms with Crippen molar-refractivity contribution in [2.75, 3.05) is 13.2 Å². The molecule has 0 aromatic heterocycles. The zero-order valence-corrected chi connectivity index (χ0v) is 10.1. The van der Waals surface area contributed by atoms with Gasteiger partial charge < -0.3 is 10.1 Å². The zero-order chi connectivity index (χ0) is 11.3. The summed E-state index contributed by atoms with van der Waals surface area (Å²) in [5.74, 6) is 0.365. The van der Waals surface area contributed by atoms with Crippen LogP contribution in [0.1, 0.15) is 46.5 Å². The first-order valence-corrected chi connectivity index (χ1v) is 6.03. The number of hydrogen-bond acceptors (Lipinski definition) is 3. The van der Waals surface area contributed by atoms with Crippen LogP contribution < -0.4 is 5.32 Å². The summed E-state index contributed by atoms with van der Waals surface area (Å²) in [6.45, 7) is 7.70. The van der Waals surface area contributed by atoms with E-state index >= 15 is 0 Å². The van der Waals surface area contributed by atoms with E-state index in [1.54, 1.807) is 0 Å². The van der Waals surface area contributed by atoms with Crippen molar-refractivity contribution in [3.05, 3.63) is 0 Å². The number of rotatable bonds is 5. The topological polar surface area (TPSA) is 38.3 Å². The molecule has 1 unspecified atom stereocenters. The summed E-state index contributed by atoms with van der Waals surface area (Å²) in [4.78, 5) is 12.0. The summed E-state index contributed by atoms with van der Waals surface area (Å²) in [5, 5.41) is 3.32. The van der Waals surface area contributed by atoms with Gasteiger partial charge in [0, 0.05) is 0 Å². The van der Waals surface area contributed by atoms with Gasteiger partial charge in [0.05, 0.1) is 6.61 Å². The molecule has 0 amide bonds. The monoisotopic (exact) mass is 213 g/mol. The van der Waals surface area contributed by atoms with Crippen molar-refractivity contribution in [3.8, 4) is 0 Å². The summed E-state index contributed by atoms with van der Waals surface area (Å²) in [5.41, 5.74) is -0.371. The first-order valence-electron chi connectivity index (χ1n) is 6.03. The second-order valence-corrected chi connectivity index (χ2v) is 4.85. The van der Waals surface area contributed by atoms with E-state index in [4.69, 9.17) is 4.74 Å². The Kier molecular flexibility index (Phi) is 4.58. The molecule has 0 aromatic rings. The average molecular weight is 213 g/mol. The fourth-order valence-electron chi connectivity index (χ4n) is 2.10. The zero-order valence-electron chi connectivity index (χ0n) is 10.1. The van der Waals surface area contributed by atoms with E-state index in [1.165, 1.54) is 0 Å². The molecule has 0 aliphatic carbocycles. The molecule has 15 heavy (non-hydrogen) atoms. The minimum absolute atomic E-state index is 0.0458. The van der Waals surface area contributed by atoms with Crippen LogP contribution in [-0.2, 0) is 9.53 Å². The van der Waals surface area contributed by atoms with Crippen molar-refractivity contribution in [1.29, 1.82) is 0 Å². The van der Waals surface area contributed by atoms with E-state index in [9.17, 15) is 4.79 Å². The van der Waals surface area contributed by atoms with Gasteiger partial charge in [0.15, 0.2) is 0 Å². The predicted molar refractivity (Wildman–Crippen MR) is 60.7 cm³/mol. The van der Waals surface area contributed by atoms with Crippen molar-refractivity contribution in [2.24, 2.45) is 5.92 Å². The standard InChI is InChI=1S/C12H23NO2/c1-4-6-12(7-5-8-13-12)11(14)15-9-10(2)3/h10,13H,4-9H2,1-3H3. The molecule has 1 rings (SSSR count). The highest BCUT2D eigenvalue weighted by Crippen LogP contribution is 2.26. The Balaban J connectivity index is 2.51. The number of nitrogens with one attached hydrogen (secondary N) is 1. The van der Waals surface area contributed by atoms with Crippen molar-refractivity contribution < 1.29 is 9.53 Å². The molecular weight excluding hydrogens is 190 g/mol. The van der Waals surface area contributed by atoms with Crippen molar-refractivity contribution in [1.82, 2.24) is 5.32 Å². The summed E-state index contributed by atoms with van der Waals surface area (Å²) < 4.78 is 5.34. The molecule has 0 spiro atoms. The smallest absolute Gasteiger partial charge is 0.326 e. The van der Waals surface area contributed by atoms with Crippen LogP contribution in [0.5, 0.6) is 0 Å². The molecule has 0 radical (unpaired) electrons. The van der Waals surface area contributed by atoms with Crippen LogP contribution in [0.2, 0.25) is 0 Å². The Hall–Kier alpha value is -0.570. The fraction of sp³-hybridized carbons (Fsp3) is 0.917. The summed E-state index contributed by atoms with van der Waals surface area (Å²) in [6.07, 6.45) is 3.92. The van der Waals surface area contributed by atoms with E-state index in [-0.39, 0.29) is 11.5 Å². The number of carbonyl (C=O) groups excluding carboxylic acids is 1. The largest absolute Gasteiger partial charge is 0.464 e. The average Bonchev–Trinajstić information content (AvgIpc) is 2.64. The molecule has 1 fully saturated rings. The number of ether oxygens (including phenoxy) is 1. The van der Waals surface area contributed by atoms with E-state index in [0.29, 0.717) is 12.5 Å². The Morgan fingerprint density at radius 2 is 2.27 bits per heavy atom. The maximum Gasteiger partial charge on any atom is 0.326 e. The second-order valence-electron chi connectivity index (χ2n) is 4.85. The van der Waals surface area contributed by atoms with Crippen molar-refractivity contribution in [2.45, 2.75) is 52.0 Å². The van der Waals surface area contributed by atoms with Crippen LogP contribution in [0, 0.1) is 5.92 Å². The van der Waals surface area contributed by atoms with Gasteiger partial charge in [-0.2, -0.15) is 0 Å². The molecule has 1 saturated heterocycles. The summed E-state index contributed by atoms with van der Waals surface area (Å²) in [7, 11) is 0. The van der Waals surface area contributed by atoms with Gasteiger partial charge in [-0.05, 0) is 31.7 Å². The lowest BCUT2D eigenvalue weighted by Crippen LogP contribution is -2.48. The number of hydrogen-bond donors (Lipinski definition) is 1. The van der Waals surface area contributed by atoms with Crippen LogP contribution >= 0.6 is 0 Å². The van der Waals surface area contributed by atoms with Crippen molar-refractivity contribution in [3.63, 3.8) is 0 Å². The lowest BCUT2D eigenvalue weighted by molar-refractivity contribution is -0.152. The van der Waals surface area contributed by atoms with Gasteiger partial charge in [0.1, 0.15) is 5.54 Å². The quantitative estimate of drug-likeness (QED) is 0.711. The lowest BCUT2D eigenvalue weighted by Gasteiger charge is -2.27. The van der Waals surface area contributed by atoms with Gasteiger partial charge >= 0.3 is 5.97 Å². The number of carbonyl (C=O) groups is 1. The molecule has 88 valence electrons. The third-order valence-corrected chi connectivity index (χ3v) is 2.86. The predicted octanol–water partition coefficient (Wildman–Crippen LogP) is 2.11. The van der Waals surface area contributed by atoms with E-state index < -0.39 is 0 Å². The maximum atomic E-state index is 12.0. The highest BCUT2D eigenvalue weighted by atomic mass is 16.5. The first kappa shape index (κ1) is 12.5.